The Kier molecular flexibility index (Phi) is 5.85. The van der Waals surface area contributed by atoms with Gasteiger partial charge < -0.3 is 15.0 Å². The Bertz CT molecular complexity index is 429. The van der Waals surface area contributed by atoms with Crippen molar-refractivity contribution in [2.75, 3.05) is 25.5 Å². The number of benzene rings is 1. The van der Waals surface area contributed by atoms with Gasteiger partial charge in [0.2, 0.25) is 0 Å². The summed E-state index contributed by atoms with van der Waals surface area (Å²) in [6.07, 6.45) is 0.776. The average molecular weight is 264 g/mol. The number of ether oxygens (including phenoxy) is 1. The lowest BCUT2D eigenvalue weighted by atomic mass is 10.2. The number of amides is 2. The highest BCUT2D eigenvalue weighted by Gasteiger charge is 2.16. The third-order valence-electron chi connectivity index (χ3n) is 2.63. The van der Waals surface area contributed by atoms with Gasteiger partial charge in [0.05, 0.1) is 7.11 Å². The van der Waals surface area contributed by atoms with Crippen LogP contribution in [0.25, 0.3) is 0 Å². The van der Waals surface area contributed by atoms with E-state index in [0.29, 0.717) is 12.2 Å². The number of nitrogens with one attached hydrogen (secondary N) is 1. The minimum absolute atomic E-state index is 0.0396. The number of aryl methyl sites for hydroxylation is 1. The van der Waals surface area contributed by atoms with Gasteiger partial charge in [-0.3, -0.25) is 4.79 Å². The van der Waals surface area contributed by atoms with Crippen molar-refractivity contribution in [2.45, 2.75) is 20.3 Å². The van der Waals surface area contributed by atoms with Gasteiger partial charge >= 0.3 is 12.0 Å². The zero-order valence-corrected chi connectivity index (χ0v) is 11.6. The fourth-order valence-electron chi connectivity index (χ4n) is 1.58. The fraction of sp³-hybridized carbons (Fsp3) is 0.429. The van der Waals surface area contributed by atoms with Gasteiger partial charge in [0.1, 0.15) is 6.54 Å². The highest BCUT2D eigenvalue weighted by atomic mass is 16.5. The number of methoxy groups -OCH3 is 1. The van der Waals surface area contributed by atoms with Gasteiger partial charge in [0.25, 0.3) is 0 Å². The zero-order chi connectivity index (χ0) is 14.3. The first-order chi connectivity index (χ1) is 9.06. The summed E-state index contributed by atoms with van der Waals surface area (Å²) in [5.74, 6) is -0.424. The first-order valence-corrected chi connectivity index (χ1v) is 6.26. The average Bonchev–Trinajstić information content (AvgIpc) is 2.40. The molecule has 0 bridgehead atoms. The van der Waals surface area contributed by atoms with E-state index >= 15 is 0 Å². The van der Waals surface area contributed by atoms with Crippen LogP contribution in [0.15, 0.2) is 24.3 Å². The Balaban J connectivity index is 2.65. The number of nitrogens with zero attached hydrogens (tertiary/aromatic N) is 1. The standard InChI is InChI=1S/C14H20N2O3/c1-4-9-16(10-13(17)19-3)14(18)15-12-7-5-11(2)6-8-12/h5-8H,4,9-10H2,1-3H3,(H,15,18). The number of carbonyl (C=O) groups excluding carboxylic acids is 2. The third kappa shape index (κ3) is 4.99. The smallest absolute Gasteiger partial charge is 0.325 e. The Hall–Kier alpha value is -2.04. The predicted octanol–water partition coefficient (Wildman–Crippen LogP) is 2.41. The molecule has 0 aliphatic heterocycles. The van der Waals surface area contributed by atoms with Crippen LogP contribution >= 0.6 is 0 Å². The SMILES string of the molecule is CCCN(CC(=O)OC)C(=O)Nc1ccc(C)cc1. The predicted molar refractivity (Wildman–Crippen MR) is 74.1 cm³/mol. The van der Waals surface area contributed by atoms with Crippen molar-refractivity contribution in [1.82, 2.24) is 4.90 Å². The minimum atomic E-state index is -0.424. The van der Waals surface area contributed by atoms with E-state index in [0.717, 1.165) is 12.0 Å². The lowest BCUT2D eigenvalue weighted by molar-refractivity contribution is -0.141. The van der Waals surface area contributed by atoms with E-state index in [4.69, 9.17) is 0 Å². The topological polar surface area (TPSA) is 58.6 Å². The van der Waals surface area contributed by atoms with Crippen LogP contribution in [-0.2, 0) is 9.53 Å². The molecule has 0 atom stereocenters. The van der Waals surface area contributed by atoms with Crippen LogP contribution in [0.1, 0.15) is 18.9 Å². The molecule has 1 N–H and O–H groups in total. The van der Waals surface area contributed by atoms with Crippen LogP contribution in [0.5, 0.6) is 0 Å². The van der Waals surface area contributed by atoms with Crippen LogP contribution in [0, 0.1) is 6.92 Å². The number of hydrogen-bond acceptors (Lipinski definition) is 3. The van der Waals surface area contributed by atoms with Gasteiger partial charge in [-0.05, 0) is 25.5 Å². The molecule has 2 amide bonds. The Morgan fingerprint density at radius 2 is 1.89 bits per heavy atom. The molecule has 19 heavy (non-hydrogen) atoms. The number of urea groups is 1. The van der Waals surface area contributed by atoms with E-state index in [9.17, 15) is 9.59 Å². The fourth-order valence-corrected chi connectivity index (χ4v) is 1.58. The summed E-state index contributed by atoms with van der Waals surface area (Å²) >= 11 is 0. The molecule has 5 nitrogen and oxygen atoms in total. The van der Waals surface area contributed by atoms with Crippen molar-refractivity contribution in [3.63, 3.8) is 0 Å². The first kappa shape index (κ1) is 15.0. The molecule has 0 fully saturated rings. The zero-order valence-electron chi connectivity index (χ0n) is 11.6. The minimum Gasteiger partial charge on any atom is -0.468 e. The Morgan fingerprint density at radius 3 is 2.42 bits per heavy atom. The van der Waals surface area contributed by atoms with Gasteiger partial charge in [-0.25, -0.2) is 4.79 Å². The largest absolute Gasteiger partial charge is 0.468 e. The molecule has 0 heterocycles. The second-order valence-electron chi connectivity index (χ2n) is 4.29. The van der Waals surface area contributed by atoms with Gasteiger partial charge in [-0.15, -0.1) is 0 Å². The molecule has 0 saturated heterocycles. The van der Waals surface area contributed by atoms with Crippen LogP contribution in [0.3, 0.4) is 0 Å². The van der Waals surface area contributed by atoms with E-state index in [1.165, 1.54) is 12.0 Å². The van der Waals surface area contributed by atoms with E-state index < -0.39 is 5.97 Å². The molecule has 0 aliphatic rings. The van der Waals surface area contributed by atoms with E-state index in [1.807, 2.05) is 38.1 Å². The molecule has 1 aromatic carbocycles. The molecule has 104 valence electrons. The van der Waals surface area contributed by atoms with Crippen molar-refractivity contribution in [2.24, 2.45) is 0 Å². The van der Waals surface area contributed by atoms with Crippen molar-refractivity contribution < 1.29 is 14.3 Å². The summed E-state index contributed by atoms with van der Waals surface area (Å²) in [4.78, 5) is 24.7. The van der Waals surface area contributed by atoms with Gasteiger partial charge in [-0.1, -0.05) is 24.6 Å². The summed E-state index contributed by atoms with van der Waals surface area (Å²) in [5, 5.41) is 2.76. The second kappa shape index (κ2) is 7.41. The van der Waals surface area contributed by atoms with Crippen molar-refractivity contribution in [3.05, 3.63) is 29.8 Å². The summed E-state index contributed by atoms with van der Waals surface area (Å²) in [5.41, 5.74) is 1.83. The van der Waals surface area contributed by atoms with E-state index in [-0.39, 0.29) is 12.6 Å². The van der Waals surface area contributed by atoms with E-state index in [1.54, 1.807) is 0 Å². The maximum Gasteiger partial charge on any atom is 0.325 e. The number of hydrogen-bond donors (Lipinski definition) is 1. The second-order valence-corrected chi connectivity index (χ2v) is 4.29. The van der Waals surface area contributed by atoms with Crippen molar-refractivity contribution in [1.29, 1.82) is 0 Å². The lowest BCUT2D eigenvalue weighted by Crippen LogP contribution is -2.39. The Labute approximate surface area is 113 Å². The summed E-state index contributed by atoms with van der Waals surface area (Å²) < 4.78 is 4.58. The van der Waals surface area contributed by atoms with Crippen molar-refractivity contribution >= 4 is 17.7 Å². The molecule has 1 rings (SSSR count). The molecule has 0 aliphatic carbocycles. The van der Waals surface area contributed by atoms with Crippen LogP contribution in [-0.4, -0.2) is 37.1 Å². The number of anilines is 1. The Morgan fingerprint density at radius 1 is 1.26 bits per heavy atom. The maximum atomic E-state index is 12.0. The molecule has 0 saturated carbocycles. The van der Waals surface area contributed by atoms with Gasteiger partial charge in [0.15, 0.2) is 0 Å². The molecule has 0 spiro atoms. The van der Waals surface area contributed by atoms with Crippen LogP contribution in [0.2, 0.25) is 0 Å². The molecule has 1 aromatic rings. The molecule has 0 radical (unpaired) electrons. The molecule has 5 heteroatoms. The van der Waals surface area contributed by atoms with Crippen LogP contribution in [0.4, 0.5) is 10.5 Å². The normalized spacial score (nSPS) is 9.84. The van der Waals surface area contributed by atoms with Crippen molar-refractivity contribution in [3.8, 4) is 0 Å². The molecular formula is C14H20N2O3. The van der Waals surface area contributed by atoms with Gasteiger partial charge in [0, 0.05) is 12.2 Å². The lowest BCUT2D eigenvalue weighted by Gasteiger charge is -2.21. The molecular weight excluding hydrogens is 244 g/mol. The third-order valence-corrected chi connectivity index (χ3v) is 2.63. The number of esters is 1. The number of carbonyl (C=O) groups is 2. The monoisotopic (exact) mass is 264 g/mol. The molecule has 0 aromatic heterocycles. The number of rotatable bonds is 5. The van der Waals surface area contributed by atoms with Gasteiger partial charge in [-0.2, -0.15) is 0 Å². The first-order valence-electron chi connectivity index (χ1n) is 6.26. The summed E-state index contributed by atoms with van der Waals surface area (Å²) in [6.45, 7) is 4.39. The van der Waals surface area contributed by atoms with Crippen LogP contribution < -0.4 is 5.32 Å². The highest BCUT2D eigenvalue weighted by molar-refractivity contribution is 5.91. The quantitative estimate of drug-likeness (QED) is 0.831. The maximum absolute atomic E-state index is 12.0. The highest BCUT2D eigenvalue weighted by Crippen LogP contribution is 2.09. The summed E-state index contributed by atoms with van der Waals surface area (Å²) in [7, 11) is 1.31. The molecule has 0 unspecified atom stereocenters. The van der Waals surface area contributed by atoms with E-state index in [2.05, 4.69) is 10.1 Å². The summed E-state index contributed by atoms with van der Waals surface area (Å²) in [6, 6.07) is 7.20.